The number of fused-ring (bicyclic) bond motifs is 4. The number of pyridine rings is 3. The second-order valence-electron chi connectivity index (χ2n) is 9.26. The van der Waals surface area contributed by atoms with Gasteiger partial charge in [-0.3, -0.25) is 0 Å². The average Bonchev–Trinajstić information content (AvgIpc) is 3.44. The van der Waals surface area contributed by atoms with Crippen LogP contribution in [0, 0.1) is 18.3 Å². The van der Waals surface area contributed by atoms with E-state index in [2.05, 4.69) is 14.9 Å². The molecule has 0 saturated heterocycles. The third-order valence-corrected chi connectivity index (χ3v) is 7.23. The summed E-state index contributed by atoms with van der Waals surface area (Å²) >= 11 is 0. The number of alkyl halides is 3. The van der Waals surface area contributed by atoms with Gasteiger partial charge in [-0.2, -0.15) is 22.1 Å². The third-order valence-electron chi connectivity index (χ3n) is 7.23. The van der Waals surface area contributed by atoms with Crippen LogP contribution in [-0.4, -0.2) is 14.8 Å². The van der Waals surface area contributed by atoms with Crippen LogP contribution >= 0.6 is 0 Å². The third kappa shape index (κ3) is 1.98. The van der Waals surface area contributed by atoms with Gasteiger partial charge in [0.15, 0.2) is 17.2 Å². The Labute approximate surface area is 194 Å². The molecule has 0 unspecified atom stereocenters. The van der Waals surface area contributed by atoms with Crippen molar-refractivity contribution < 1.29 is 31.1 Å². The summed E-state index contributed by atoms with van der Waals surface area (Å²) in [6, 6.07) is 11.2. The van der Waals surface area contributed by atoms with Crippen molar-refractivity contribution in [2.45, 2.75) is 31.1 Å². The number of hydrogen-bond donors (Lipinski definition) is 0. The molecule has 7 heterocycles. The molecule has 6 nitrogen and oxygen atoms in total. The van der Waals surface area contributed by atoms with E-state index < -0.39 is 40.4 Å². The predicted molar refractivity (Wildman–Crippen MR) is 109 cm³/mol. The molecule has 172 valence electrons. The molecule has 0 aromatic carbocycles. The highest BCUT2D eigenvalue weighted by atomic mass is 19.4. The van der Waals surface area contributed by atoms with Gasteiger partial charge < -0.3 is 0 Å². The summed E-state index contributed by atoms with van der Waals surface area (Å²) in [5, 5.41) is 3.85. The van der Waals surface area contributed by atoms with Crippen molar-refractivity contribution in [2.75, 3.05) is 0 Å². The van der Waals surface area contributed by atoms with Crippen molar-refractivity contribution in [1.29, 1.82) is 0 Å². The van der Waals surface area contributed by atoms with Crippen LogP contribution in [0.25, 0.3) is 21.9 Å². The molecule has 0 radical (unpaired) electrons. The second kappa shape index (κ2) is 5.71. The van der Waals surface area contributed by atoms with Gasteiger partial charge in [0.2, 0.25) is 17.3 Å². The van der Waals surface area contributed by atoms with E-state index in [1.54, 1.807) is 39.5 Å². The van der Waals surface area contributed by atoms with E-state index >= 15 is 4.39 Å². The summed E-state index contributed by atoms with van der Waals surface area (Å²) in [7, 11) is 0. The molecule has 0 N–H and O–H groups in total. The zero-order valence-corrected chi connectivity index (χ0v) is 18.1. The molecular weight excluding hydrogens is 467 g/mol. The maximum absolute atomic E-state index is 15.7. The van der Waals surface area contributed by atoms with Gasteiger partial charge in [0.1, 0.15) is 16.7 Å². The Morgan fingerprint density at radius 1 is 1.03 bits per heavy atom. The fourth-order valence-corrected chi connectivity index (χ4v) is 5.87. The SMILES string of the molecule is [C-]#[N+]c1c(F)nc2c(c1F)-c1cccc3[n+]1[C@@]21c2cc(C(F)(F)F)nn2-c2cccc([n+]21)C3(C)C. The summed E-state index contributed by atoms with van der Waals surface area (Å²) in [4.78, 5) is 7.02. The molecule has 4 aromatic rings. The normalized spacial score (nSPS) is 19.6. The number of nitrogens with zero attached hydrogens (tertiary/aromatic N) is 6. The molecule has 0 amide bonds. The first-order chi connectivity index (χ1) is 16.5. The van der Waals surface area contributed by atoms with Gasteiger partial charge in [0.25, 0.3) is 11.4 Å². The van der Waals surface area contributed by atoms with Crippen LogP contribution in [0.4, 0.5) is 27.6 Å². The van der Waals surface area contributed by atoms with Crippen LogP contribution in [0.15, 0.2) is 42.5 Å². The molecule has 0 saturated carbocycles. The minimum absolute atomic E-state index is 0.0482. The van der Waals surface area contributed by atoms with Crippen LogP contribution in [0.2, 0.25) is 0 Å². The molecule has 3 aliphatic heterocycles. The van der Waals surface area contributed by atoms with E-state index in [9.17, 15) is 17.6 Å². The van der Waals surface area contributed by atoms with Gasteiger partial charge in [0.05, 0.1) is 6.57 Å². The Morgan fingerprint density at radius 3 is 2.40 bits per heavy atom. The van der Waals surface area contributed by atoms with Gasteiger partial charge >= 0.3 is 17.7 Å². The maximum atomic E-state index is 15.7. The molecule has 11 heteroatoms. The van der Waals surface area contributed by atoms with E-state index in [1.807, 2.05) is 19.9 Å². The standard InChI is InChI=1S/C24H13F5N6/c1-22(2)13-7-4-6-11-17-18(25)19(30-3)21(26)31-20(17)23(33(11)13)15-10-12(24(27,28)29)32-35(15)16-9-5-8-14(22)34(16)23/h4-10H,1-2H3/q+2/t23-/m1/s1. The summed E-state index contributed by atoms with van der Waals surface area (Å²) in [6.45, 7) is 11.1. The molecular formula is C24H13F5N6+2. The van der Waals surface area contributed by atoms with Crippen molar-refractivity contribution in [1.82, 2.24) is 14.8 Å². The van der Waals surface area contributed by atoms with Crippen LogP contribution in [-0.2, 0) is 17.3 Å². The number of rotatable bonds is 0. The van der Waals surface area contributed by atoms with Gasteiger partial charge in [-0.1, -0.05) is 15.8 Å². The van der Waals surface area contributed by atoms with E-state index in [1.165, 1.54) is 0 Å². The van der Waals surface area contributed by atoms with E-state index in [-0.39, 0.29) is 22.6 Å². The highest BCUT2D eigenvalue weighted by Crippen LogP contribution is 2.50. The molecule has 1 atom stereocenters. The quantitative estimate of drug-likeness (QED) is 0.143. The van der Waals surface area contributed by atoms with E-state index in [0.29, 0.717) is 17.2 Å². The summed E-state index contributed by atoms with van der Waals surface area (Å²) < 4.78 is 76.6. The smallest absolute Gasteiger partial charge is 0.230 e. The van der Waals surface area contributed by atoms with Gasteiger partial charge in [-0.05, 0) is 26.0 Å². The molecule has 4 aromatic heterocycles. The molecule has 0 aliphatic carbocycles. The van der Waals surface area contributed by atoms with Gasteiger partial charge in [-0.25, -0.2) is 14.2 Å². The Kier molecular flexibility index (Phi) is 3.29. The first-order valence-electron chi connectivity index (χ1n) is 10.6. The summed E-state index contributed by atoms with van der Waals surface area (Å²) in [6.07, 6.45) is -4.74. The van der Waals surface area contributed by atoms with Crippen molar-refractivity contribution in [3.05, 3.63) is 94.1 Å². The lowest BCUT2D eigenvalue weighted by Gasteiger charge is -2.33. The molecule has 7 rings (SSSR count). The van der Waals surface area contributed by atoms with Crippen molar-refractivity contribution in [3.63, 3.8) is 0 Å². The lowest BCUT2D eigenvalue weighted by atomic mass is 9.80. The predicted octanol–water partition coefficient (Wildman–Crippen LogP) is 3.92. The topological polar surface area (TPSA) is 42.8 Å². The lowest BCUT2D eigenvalue weighted by molar-refractivity contribution is -0.973. The summed E-state index contributed by atoms with van der Waals surface area (Å²) in [5.41, 5.74) is -2.87. The highest BCUT2D eigenvalue weighted by Gasteiger charge is 2.75. The maximum Gasteiger partial charge on any atom is 0.437 e. The molecule has 1 spiro atoms. The number of halogens is 5. The molecule has 35 heavy (non-hydrogen) atoms. The van der Waals surface area contributed by atoms with Crippen LogP contribution < -0.4 is 9.13 Å². The van der Waals surface area contributed by atoms with Gasteiger partial charge in [-0.15, -0.1) is 4.57 Å². The average molecular weight is 480 g/mol. The molecule has 3 aliphatic rings. The van der Waals surface area contributed by atoms with Gasteiger partial charge in [0, 0.05) is 24.3 Å². The van der Waals surface area contributed by atoms with E-state index in [0.717, 1.165) is 10.7 Å². The van der Waals surface area contributed by atoms with E-state index in [4.69, 9.17) is 6.57 Å². The minimum Gasteiger partial charge on any atom is -0.230 e. The second-order valence-corrected chi connectivity index (χ2v) is 9.26. The first-order valence-corrected chi connectivity index (χ1v) is 10.6. The molecule has 0 bridgehead atoms. The number of hydrogen-bond acceptors (Lipinski definition) is 2. The fraction of sp³-hybridized carbons (Fsp3) is 0.208. The first kappa shape index (κ1) is 20.2. The Hall–Kier alpha value is -4.20. The largest absolute Gasteiger partial charge is 0.437 e. The van der Waals surface area contributed by atoms with Crippen molar-refractivity contribution >= 4 is 5.69 Å². The summed E-state index contributed by atoms with van der Waals surface area (Å²) in [5.74, 6) is -2.11. The monoisotopic (exact) mass is 480 g/mol. The Morgan fingerprint density at radius 2 is 1.71 bits per heavy atom. The van der Waals surface area contributed by atoms with Crippen LogP contribution in [0.3, 0.4) is 0 Å². The van der Waals surface area contributed by atoms with Crippen molar-refractivity contribution in [3.8, 4) is 17.1 Å². The molecule has 0 fully saturated rings. The minimum atomic E-state index is -4.74. The fourth-order valence-electron chi connectivity index (χ4n) is 5.87. The Bertz CT molecular complexity index is 1710. The zero-order chi connectivity index (χ0) is 24.7. The van der Waals surface area contributed by atoms with Crippen LogP contribution in [0.1, 0.15) is 42.3 Å². The Balaban J connectivity index is 1.77. The van der Waals surface area contributed by atoms with Crippen LogP contribution in [0.5, 0.6) is 0 Å². The lowest BCUT2D eigenvalue weighted by Crippen LogP contribution is -2.79. The van der Waals surface area contributed by atoms with Crippen molar-refractivity contribution in [2.24, 2.45) is 0 Å². The number of aromatic nitrogens is 5. The highest BCUT2D eigenvalue weighted by molar-refractivity contribution is 5.71. The zero-order valence-electron chi connectivity index (χ0n) is 18.1.